The molecular weight excluding hydrogens is 276 g/mol. The molecule has 2 aromatic rings. The highest BCUT2D eigenvalue weighted by atomic mass is 35.7. The monoisotopic (exact) mass is 288 g/mol. The minimum absolute atomic E-state index is 0.104. The molecule has 0 saturated carbocycles. The Hall–Kier alpha value is -1.34. The summed E-state index contributed by atoms with van der Waals surface area (Å²) in [4.78, 5) is 3.92. The van der Waals surface area contributed by atoms with Crippen LogP contribution in [-0.2, 0) is 29.1 Å². The van der Waals surface area contributed by atoms with Gasteiger partial charge in [0, 0.05) is 36.7 Å². The van der Waals surface area contributed by atoms with Crippen LogP contribution in [0.15, 0.2) is 23.6 Å². The van der Waals surface area contributed by atoms with Crippen molar-refractivity contribution in [2.75, 3.05) is 0 Å². The number of rotatable bonds is 4. The van der Waals surface area contributed by atoms with Crippen LogP contribution in [-0.4, -0.2) is 27.7 Å². The number of nitrogens with zero attached hydrogens (tertiary/aromatic N) is 4. The molecule has 0 aliphatic rings. The lowest BCUT2D eigenvalue weighted by Crippen LogP contribution is -2.01. The first-order valence-corrected chi connectivity index (χ1v) is 7.63. The van der Waals surface area contributed by atoms with Gasteiger partial charge in [-0.25, -0.2) is 13.4 Å². The SMILES string of the molecule is Cc1nc(S(=O)(=O)Cl)cn1CCc1cnn(C)c1. The molecule has 0 spiro atoms. The highest BCUT2D eigenvalue weighted by Crippen LogP contribution is 2.14. The molecule has 0 unspecified atom stereocenters. The van der Waals surface area contributed by atoms with E-state index in [9.17, 15) is 8.42 Å². The summed E-state index contributed by atoms with van der Waals surface area (Å²) in [6.07, 6.45) is 5.91. The van der Waals surface area contributed by atoms with Gasteiger partial charge in [0.2, 0.25) is 0 Å². The van der Waals surface area contributed by atoms with Crippen molar-refractivity contribution >= 4 is 19.7 Å². The third kappa shape index (κ3) is 2.91. The van der Waals surface area contributed by atoms with Gasteiger partial charge in [0.25, 0.3) is 9.05 Å². The average Bonchev–Trinajstić information content (AvgIpc) is 2.81. The molecule has 0 radical (unpaired) electrons. The fraction of sp³-hybridized carbons (Fsp3) is 0.400. The summed E-state index contributed by atoms with van der Waals surface area (Å²) >= 11 is 0. The summed E-state index contributed by atoms with van der Waals surface area (Å²) < 4.78 is 25.8. The Morgan fingerprint density at radius 1 is 1.39 bits per heavy atom. The largest absolute Gasteiger partial charge is 0.333 e. The van der Waals surface area contributed by atoms with Crippen LogP contribution in [0.4, 0.5) is 0 Å². The van der Waals surface area contributed by atoms with E-state index in [1.165, 1.54) is 6.20 Å². The number of imidazole rings is 1. The van der Waals surface area contributed by atoms with Gasteiger partial charge in [-0.1, -0.05) is 0 Å². The van der Waals surface area contributed by atoms with Crippen LogP contribution in [0.1, 0.15) is 11.4 Å². The predicted octanol–water partition coefficient (Wildman–Crippen LogP) is 1.10. The zero-order chi connectivity index (χ0) is 13.3. The van der Waals surface area contributed by atoms with Crippen LogP contribution < -0.4 is 0 Å². The maximum atomic E-state index is 11.2. The van der Waals surface area contributed by atoms with Gasteiger partial charge >= 0.3 is 0 Å². The van der Waals surface area contributed by atoms with E-state index < -0.39 is 9.05 Å². The summed E-state index contributed by atoms with van der Waals surface area (Å²) in [6, 6.07) is 0. The first-order chi connectivity index (χ1) is 8.36. The predicted molar refractivity (Wildman–Crippen MR) is 66.9 cm³/mol. The molecule has 18 heavy (non-hydrogen) atoms. The van der Waals surface area contributed by atoms with Gasteiger partial charge in [-0.2, -0.15) is 5.10 Å². The summed E-state index contributed by atoms with van der Waals surface area (Å²) in [6.45, 7) is 2.38. The molecule has 6 nitrogen and oxygen atoms in total. The summed E-state index contributed by atoms with van der Waals surface area (Å²) in [5.41, 5.74) is 1.08. The van der Waals surface area contributed by atoms with Crippen LogP contribution in [0.2, 0.25) is 0 Å². The van der Waals surface area contributed by atoms with Crippen LogP contribution in [0.25, 0.3) is 0 Å². The van der Waals surface area contributed by atoms with Crippen molar-refractivity contribution in [2.24, 2.45) is 7.05 Å². The summed E-state index contributed by atoms with van der Waals surface area (Å²) in [5, 5.41) is 3.97. The van der Waals surface area contributed by atoms with E-state index in [-0.39, 0.29) is 5.03 Å². The zero-order valence-corrected chi connectivity index (χ0v) is 11.6. The van der Waals surface area contributed by atoms with Crippen LogP contribution in [0.5, 0.6) is 0 Å². The van der Waals surface area contributed by atoms with E-state index in [1.54, 1.807) is 22.4 Å². The average molecular weight is 289 g/mol. The molecule has 0 bridgehead atoms. The molecule has 2 rings (SSSR count). The fourth-order valence-electron chi connectivity index (χ4n) is 1.67. The Bertz CT molecular complexity index is 659. The normalized spacial score (nSPS) is 11.9. The van der Waals surface area contributed by atoms with Crippen molar-refractivity contribution < 1.29 is 8.42 Å². The second-order valence-electron chi connectivity index (χ2n) is 4.03. The Morgan fingerprint density at radius 3 is 2.61 bits per heavy atom. The molecule has 0 aromatic carbocycles. The third-order valence-electron chi connectivity index (χ3n) is 2.60. The van der Waals surface area contributed by atoms with Gasteiger partial charge < -0.3 is 4.57 Å². The quantitative estimate of drug-likeness (QED) is 0.790. The van der Waals surface area contributed by atoms with Crippen molar-refractivity contribution in [3.63, 3.8) is 0 Å². The minimum Gasteiger partial charge on any atom is -0.333 e. The van der Waals surface area contributed by atoms with E-state index in [0.717, 1.165) is 12.0 Å². The number of hydrogen-bond acceptors (Lipinski definition) is 4. The lowest BCUT2D eigenvalue weighted by Gasteiger charge is -2.02. The van der Waals surface area contributed by atoms with Crippen molar-refractivity contribution in [3.8, 4) is 0 Å². The maximum Gasteiger partial charge on any atom is 0.280 e. The topological polar surface area (TPSA) is 69.8 Å². The van der Waals surface area contributed by atoms with Crippen molar-refractivity contribution in [2.45, 2.75) is 24.9 Å². The molecule has 98 valence electrons. The smallest absolute Gasteiger partial charge is 0.280 e. The molecule has 0 N–H and O–H groups in total. The molecule has 0 atom stereocenters. The van der Waals surface area contributed by atoms with Crippen LogP contribution in [0.3, 0.4) is 0 Å². The van der Waals surface area contributed by atoms with Crippen molar-refractivity contribution in [3.05, 3.63) is 30.0 Å². The van der Waals surface area contributed by atoms with Crippen LogP contribution >= 0.6 is 10.7 Å². The molecular formula is C10H13ClN4O2S. The Kier molecular flexibility index (Phi) is 3.45. The van der Waals surface area contributed by atoms with Crippen LogP contribution in [0, 0.1) is 6.92 Å². The number of halogens is 1. The van der Waals surface area contributed by atoms with Crippen molar-refractivity contribution in [1.82, 2.24) is 19.3 Å². The molecule has 0 aliphatic carbocycles. The number of hydrogen-bond donors (Lipinski definition) is 0. The second kappa shape index (κ2) is 4.74. The minimum atomic E-state index is -3.76. The van der Waals surface area contributed by atoms with E-state index in [2.05, 4.69) is 10.1 Å². The standard InChI is InChI=1S/C10H13ClN4O2S/c1-8-13-10(18(11,16)17)7-15(8)4-3-9-5-12-14(2)6-9/h5-7H,3-4H2,1-2H3. The maximum absolute atomic E-state index is 11.2. The highest BCUT2D eigenvalue weighted by Gasteiger charge is 2.15. The second-order valence-corrected chi connectivity index (χ2v) is 6.54. The number of aromatic nitrogens is 4. The Morgan fingerprint density at radius 2 is 2.11 bits per heavy atom. The van der Waals surface area contributed by atoms with Crippen molar-refractivity contribution in [1.29, 1.82) is 0 Å². The van der Waals surface area contributed by atoms with E-state index >= 15 is 0 Å². The molecule has 0 amide bonds. The number of aryl methyl sites for hydroxylation is 4. The first kappa shape index (κ1) is 13.1. The van der Waals surface area contributed by atoms with Gasteiger partial charge in [0.15, 0.2) is 5.03 Å². The van der Waals surface area contributed by atoms with E-state index in [1.807, 2.05) is 13.2 Å². The highest BCUT2D eigenvalue weighted by molar-refractivity contribution is 8.13. The lowest BCUT2D eigenvalue weighted by atomic mass is 10.2. The van der Waals surface area contributed by atoms with Gasteiger partial charge in [0.05, 0.1) is 6.20 Å². The molecule has 2 heterocycles. The lowest BCUT2D eigenvalue weighted by molar-refractivity contribution is 0.606. The van der Waals surface area contributed by atoms with E-state index in [0.29, 0.717) is 12.4 Å². The van der Waals surface area contributed by atoms with Gasteiger partial charge in [0.1, 0.15) is 5.82 Å². The summed E-state index contributed by atoms with van der Waals surface area (Å²) in [5.74, 6) is 0.623. The van der Waals surface area contributed by atoms with E-state index in [4.69, 9.17) is 10.7 Å². The Balaban J connectivity index is 2.13. The third-order valence-corrected chi connectivity index (χ3v) is 3.77. The fourth-order valence-corrected chi connectivity index (χ4v) is 2.39. The van der Waals surface area contributed by atoms with Gasteiger partial charge in [-0.3, -0.25) is 4.68 Å². The molecule has 0 saturated heterocycles. The molecule has 8 heteroatoms. The molecule has 0 aliphatic heterocycles. The summed E-state index contributed by atoms with van der Waals surface area (Å²) in [7, 11) is 3.34. The zero-order valence-electron chi connectivity index (χ0n) is 10.0. The van der Waals surface area contributed by atoms with Gasteiger partial charge in [-0.05, 0) is 18.9 Å². The van der Waals surface area contributed by atoms with Gasteiger partial charge in [-0.15, -0.1) is 0 Å². The first-order valence-electron chi connectivity index (χ1n) is 5.32. The molecule has 2 aromatic heterocycles. The molecule has 0 fully saturated rings. The Labute approximate surface area is 110 Å².